The minimum absolute atomic E-state index is 0.0733. The van der Waals surface area contributed by atoms with Crippen molar-refractivity contribution < 1.29 is 23.8 Å². The number of methoxy groups -OCH3 is 1. The molecule has 1 N–H and O–H groups in total. The summed E-state index contributed by atoms with van der Waals surface area (Å²) in [6.07, 6.45) is 1.73. The number of carbonyl (C=O) groups excluding carboxylic acids is 1. The number of halogens is 2. The molecule has 8 nitrogen and oxygen atoms in total. The van der Waals surface area contributed by atoms with Crippen LogP contribution in [-0.2, 0) is 16.0 Å². The maximum atomic E-state index is 15.7. The monoisotopic (exact) mass is 624 g/mol. The molecule has 2 aromatic heterocycles. The van der Waals surface area contributed by atoms with E-state index in [2.05, 4.69) is 32.4 Å². The number of fused-ring (bicyclic) bond motifs is 2. The maximum absolute atomic E-state index is 15.7. The lowest BCUT2D eigenvalue weighted by molar-refractivity contribution is -0.139. The Hall–Kier alpha value is -3.76. The van der Waals surface area contributed by atoms with Crippen LogP contribution >= 0.6 is 15.9 Å². The third-order valence-corrected chi connectivity index (χ3v) is 6.68. The van der Waals surface area contributed by atoms with Crippen molar-refractivity contribution in [3.8, 4) is 28.3 Å². The number of hydrogen-bond donors (Lipinski definition) is 1. The molecule has 1 aliphatic heterocycles. The largest absolute Gasteiger partial charge is 0.489 e. The molecule has 5 rings (SSSR count). The van der Waals surface area contributed by atoms with Gasteiger partial charge in [-0.25, -0.2) is 13.9 Å². The van der Waals surface area contributed by atoms with Crippen molar-refractivity contribution in [2.45, 2.75) is 39.7 Å². The first-order valence-electron chi connectivity index (χ1n) is 13.2. The summed E-state index contributed by atoms with van der Waals surface area (Å²) in [6.45, 7) is 12.6. The molecule has 0 unspecified atom stereocenters. The fourth-order valence-electron chi connectivity index (χ4n) is 4.47. The topological polar surface area (TPSA) is 89.2 Å². The molecule has 0 bridgehead atoms. The van der Waals surface area contributed by atoms with Gasteiger partial charge in [0.25, 0.3) is 0 Å². The summed E-state index contributed by atoms with van der Waals surface area (Å²) in [7, 11) is 1.33. The van der Waals surface area contributed by atoms with Gasteiger partial charge < -0.3 is 19.5 Å². The third-order valence-electron chi connectivity index (χ3n) is 6.19. The van der Waals surface area contributed by atoms with Crippen LogP contribution in [0.25, 0.3) is 28.2 Å². The van der Waals surface area contributed by atoms with Crippen molar-refractivity contribution >= 4 is 33.2 Å². The van der Waals surface area contributed by atoms with Crippen LogP contribution in [0.5, 0.6) is 5.75 Å². The summed E-state index contributed by atoms with van der Waals surface area (Å²) in [6, 6.07) is 12.7. The van der Waals surface area contributed by atoms with Crippen LogP contribution in [0.2, 0.25) is 0 Å². The first-order valence-corrected chi connectivity index (χ1v) is 14.0. The minimum Gasteiger partial charge on any atom is -0.489 e. The first-order chi connectivity index (χ1) is 19.4. The second-order valence-corrected chi connectivity index (χ2v) is 11.6. The van der Waals surface area contributed by atoms with Gasteiger partial charge in [0, 0.05) is 45.5 Å². The van der Waals surface area contributed by atoms with E-state index in [1.165, 1.54) is 13.2 Å². The van der Waals surface area contributed by atoms with Crippen LogP contribution in [0.15, 0.2) is 59.6 Å². The van der Waals surface area contributed by atoms with Gasteiger partial charge in [-0.15, -0.1) is 6.58 Å². The molecule has 3 heterocycles. The summed E-state index contributed by atoms with van der Waals surface area (Å²) in [5.74, 6) is -0.460. The molecular formula is C31H34BrFN4O4. The van der Waals surface area contributed by atoms with Crippen LogP contribution in [0.1, 0.15) is 32.0 Å². The molecule has 0 spiro atoms. The van der Waals surface area contributed by atoms with E-state index in [-0.39, 0.29) is 6.42 Å². The Morgan fingerprint density at radius 3 is 2.66 bits per heavy atom. The molecule has 2 aromatic carbocycles. The van der Waals surface area contributed by atoms with E-state index >= 15 is 4.39 Å². The molecule has 0 aliphatic carbocycles. The van der Waals surface area contributed by atoms with Crippen molar-refractivity contribution in [3.63, 3.8) is 0 Å². The quantitative estimate of drug-likeness (QED) is 0.203. The number of aryl methyl sites for hydroxylation is 1. The van der Waals surface area contributed by atoms with Crippen LogP contribution in [-0.4, -0.2) is 58.1 Å². The highest BCUT2D eigenvalue weighted by molar-refractivity contribution is 9.10. The van der Waals surface area contributed by atoms with E-state index in [9.17, 15) is 4.79 Å². The van der Waals surface area contributed by atoms with Gasteiger partial charge >= 0.3 is 5.97 Å². The highest BCUT2D eigenvalue weighted by atomic mass is 79.9. The molecule has 216 valence electrons. The average molecular weight is 626 g/mol. The van der Waals surface area contributed by atoms with Crippen LogP contribution in [0, 0.1) is 12.7 Å². The zero-order valence-corrected chi connectivity index (χ0v) is 25.5. The molecule has 0 amide bonds. The van der Waals surface area contributed by atoms with Gasteiger partial charge in [0.05, 0.1) is 42.8 Å². The Morgan fingerprint density at radius 2 is 2.00 bits per heavy atom. The highest BCUT2D eigenvalue weighted by Crippen LogP contribution is 2.39. The van der Waals surface area contributed by atoms with E-state index in [0.717, 1.165) is 15.7 Å². The van der Waals surface area contributed by atoms with Gasteiger partial charge in [0.15, 0.2) is 5.65 Å². The van der Waals surface area contributed by atoms with Crippen molar-refractivity contribution in [1.29, 1.82) is 0 Å². The fraction of sp³-hybridized carbons (Fsp3) is 0.323. The molecule has 10 heteroatoms. The predicted molar refractivity (Wildman–Crippen MR) is 162 cm³/mol. The van der Waals surface area contributed by atoms with E-state index < -0.39 is 17.4 Å². The first kappa shape index (κ1) is 30.2. The van der Waals surface area contributed by atoms with Crippen LogP contribution in [0.4, 0.5) is 10.1 Å². The second-order valence-electron chi connectivity index (χ2n) is 10.6. The molecule has 0 saturated heterocycles. The smallest absolute Gasteiger partial charge is 0.310 e. The van der Waals surface area contributed by atoms with E-state index in [4.69, 9.17) is 19.7 Å². The zero-order valence-electron chi connectivity index (χ0n) is 23.9. The minimum atomic E-state index is -0.500. The van der Waals surface area contributed by atoms with E-state index in [0.29, 0.717) is 59.3 Å². The summed E-state index contributed by atoms with van der Waals surface area (Å²) in [4.78, 5) is 19.1. The number of ether oxygens (including phenoxy) is 2. The number of esters is 1. The predicted octanol–water partition coefficient (Wildman–Crippen LogP) is 6.15. The number of aromatic nitrogens is 3. The molecule has 1 aliphatic rings. The summed E-state index contributed by atoms with van der Waals surface area (Å²) in [5.41, 5.74) is 4.24. The lowest BCUT2D eigenvalue weighted by Gasteiger charge is -2.31. The van der Waals surface area contributed by atoms with Gasteiger partial charge in [-0.3, -0.25) is 4.79 Å². The van der Waals surface area contributed by atoms with Gasteiger partial charge in [-0.05, 0) is 45.9 Å². The average Bonchev–Trinajstić information content (AvgIpc) is 3.32. The van der Waals surface area contributed by atoms with Gasteiger partial charge in [-0.2, -0.15) is 5.10 Å². The lowest BCUT2D eigenvalue weighted by Crippen LogP contribution is -2.32. The Bertz CT molecular complexity index is 1590. The van der Waals surface area contributed by atoms with Crippen molar-refractivity contribution in [1.82, 2.24) is 14.6 Å². The van der Waals surface area contributed by atoms with Gasteiger partial charge in [0.2, 0.25) is 0 Å². The van der Waals surface area contributed by atoms with E-state index in [1.807, 2.05) is 30.3 Å². The molecule has 0 radical (unpaired) electrons. The SMILES string of the molecule is C=CCN1CCOc2cc(F)c(-c3c(CC(=O)OC)c(C)nc4cc(-c5cccc(Br)c5)nn34)cc21.CC(C)(C)O. The Balaban J connectivity index is 0.000000714. The number of anilines is 1. The third kappa shape index (κ3) is 7.12. The Labute approximate surface area is 247 Å². The van der Waals surface area contributed by atoms with Crippen molar-refractivity contribution in [3.05, 3.63) is 76.7 Å². The molecular weight excluding hydrogens is 591 g/mol. The fourth-order valence-corrected chi connectivity index (χ4v) is 4.87. The number of hydrogen-bond acceptors (Lipinski definition) is 7. The molecule has 41 heavy (non-hydrogen) atoms. The number of benzene rings is 2. The Morgan fingerprint density at radius 1 is 1.27 bits per heavy atom. The second kappa shape index (κ2) is 12.4. The zero-order chi connectivity index (χ0) is 29.9. The van der Waals surface area contributed by atoms with E-state index in [1.54, 1.807) is 44.4 Å². The number of aliphatic hydroxyl groups is 1. The molecule has 0 fully saturated rings. The van der Waals surface area contributed by atoms with Crippen LogP contribution in [0.3, 0.4) is 0 Å². The summed E-state index contributed by atoms with van der Waals surface area (Å²) >= 11 is 3.50. The standard InChI is InChI=1S/C27H24BrFN4O3.C4H10O/c1-4-8-32-9-10-36-24-14-21(29)20(12-23(24)32)27-19(13-26(34)35-3)16(2)30-25-15-22(31-33(25)27)17-6-5-7-18(28)11-17;1-4(2,3)5/h4-7,11-12,14-15H,1,8-10,13H2,2-3H3;5H,1-3H3. The number of rotatable bonds is 6. The molecule has 0 atom stereocenters. The lowest BCUT2D eigenvalue weighted by atomic mass is 10.00. The Kier molecular flexibility index (Phi) is 9.14. The number of nitrogens with zero attached hydrogens (tertiary/aromatic N) is 4. The summed E-state index contributed by atoms with van der Waals surface area (Å²) in [5, 5.41) is 13.3. The van der Waals surface area contributed by atoms with Gasteiger partial charge in [0.1, 0.15) is 18.2 Å². The highest BCUT2D eigenvalue weighted by Gasteiger charge is 2.26. The normalized spacial score (nSPS) is 12.7. The molecule has 4 aromatic rings. The number of carbonyl (C=O) groups is 1. The summed E-state index contributed by atoms with van der Waals surface area (Å²) < 4.78 is 28.9. The van der Waals surface area contributed by atoms with Crippen molar-refractivity contribution in [2.24, 2.45) is 0 Å². The molecule has 0 saturated carbocycles. The van der Waals surface area contributed by atoms with Gasteiger partial charge in [-0.1, -0.05) is 34.1 Å². The maximum Gasteiger partial charge on any atom is 0.310 e. The van der Waals surface area contributed by atoms with Crippen molar-refractivity contribution in [2.75, 3.05) is 31.7 Å². The van der Waals surface area contributed by atoms with Crippen LogP contribution < -0.4 is 9.64 Å².